The Kier molecular flexibility index (Phi) is 4.73. The first-order valence-electron chi connectivity index (χ1n) is 8.27. The molecule has 2 N–H and O–H groups in total. The minimum Gasteiger partial charge on any atom is -0.372 e. The maximum Gasteiger partial charge on any atom is 0.280 e. The molecule has 0 aliphatic carbocycles. The predicted octanol–water partition coefficient (Wildman–Crippen LogP) is 2.92. The Morgan fingerprint density at radius 1 is 1.00 bits per heavy atom. The third-order valence-electron chi connectivity index (χ3n) is 4.52. The van der Waals surface area contributed by atoms with Crippen molar-refractivity contribution in [2.45, 2.75) is 19.4 Å². The summed E-state index contributed by atoms with van der Waals surface area (Å²) in [7, 11) is 0. The molecule has 0 aliphatic rings. The fourth-order valence-electron chi connectivity index (χ4n) is 3.05. The van der Waals surface area contributed by atoms with Gasteiger partial charge in [0.15, 0.2) is 11.9 Å². The van der Waals surface area contributed by atoms with E-state index in [1.54, 1.807) is 68.4 Å². The molecule has 1 amide bonds. The van der Waals surface area contributed by atoms with Crippen LogP contribution in [0.25, 0.3) is 0 Å². The highest BCUT2D eigenvalue weighted by Crippen LogP contribution is 2.30. The van der Waals surface area contributed by atoms with Crippen LogP contribution in [0.5, 0.6) is 0 Å². The van der Waals surface area contributed by atoms with Crippen molar-refractivity contribution >= 4 is 12.2 Å². The second-order valence-corrected chi connectivity index (χ2v) is 6.16. The molecule has 1 aromatic heterocycles. The van der Waals surface area contributed by atoms with Gasteiger partial charge in [-0.05, 0) is 31.0 Å². The molecular formula is C21H20N2O3. The number of carbonyl (C=O) groups excluding carboxylic acids is 2. The number of carbonyl (C=O) groups is 2. The lowest BCUT2D eigenvalue weighted by atomic mass is 9.85. The molecule has 0 spiro atoms. The van der Waals surface area contributed by atoms with E-state index in [1.807, 2.05) is 12.1 Å². The number of hydrogen-bond donors (Lipinski definition) is 2. The number of hydrogen-bond acceptors (Lipinski definition) is 3. The number of aliphatic hydroxyl groups is 1. The predicted molar refractivity (Wildman–Crippen MR) is 99.5 cm³/mol. The molecule has 0 radical (unpaired) electrons. The van der Waals surface area contributed by atoms with Gasteiger partial charge in [-0.1, -0.05) is 60.7 Å². The maximum atomic E-state index is 13.2. The smallest absolute Gasteiger partial charge is 0.280 e. The average molecular weight is 348 g/mol. The van der Waals surface area contributed by atoms with Crippen LogP contribution in [0.1, 0.15) is 32.9 Å². The fraction of sp³-hybridized carbons (Fsp3) is 0.143. The van der Waals surface area contributed by atoms with Gasteiger partial charge in [0.1, 0.15) is 0 Å². The number of aryl methyl sites for hydroxylation is 1. The van der Waals surface area contributed by atoms with E-state index in [9.17, 15) is 14.7 Å². The lowest BCUT2D eigenvalue weighted by molar-refractivity contribution is -0.132. The molecule has 0 atom stereocenters. The third-order valence-corrected chi connectivity index (χ3v) is 4.52. The Hall–Kier alpha value is -3.18. The van der Waals surface area contributed by atoms with Crippen molar-refractivity contribution in [3.05, 3.63) is 94.8 Å². The molecule has 0 saturated heterocycles. The molecule has 2 aromatic carbocycles. The van der Waals surface area contributed by atoms with E-state index in [2.05, 4.69) is 5.43 Å². The van der Waals surface area contributed by atoms with Crippen LogP contribution in [0.15, 0.2) is 66.7 Å². The summed E-state index contributed by atoms with van der Waals surface area (Å²) in [5.74, 6) is -0.603. The Bertz CT molecular complexity index is 891. The highest BCUT2D eigenvalue weighted by molar-refractivity contribution is 5.96. The summed E-state index contributed by atoms with van der Waals surface area (Å²) in [5.41, 5.74) is 3.58. The molecular weight excluding hydrogens is 328 g/mol. The van der Waals surface area contributed by atoms with Gasteiger partial charge in [-0.2, -0.15) is 0 Å². The van der Waals surface area contributed by atoms with Gasteiger partial charge in [-0.3, -0.25) is 19.7 Å². The van der Waals surface area contributed by atoms with E-state index in [0.29, 0.717) is 28.1 Å². The van der Waals surface area contributed by atoms with E-state index in [0.717, 1.165) is 6.29 Å². The minimum absolute atomic E-state index is 0.460. The van der Waals surface area contributed by atoms with E-state index in [1.165, 1.54) is 4.68 Å². The number of benzene rings is 2. The van der Waals surface area contributed by atoms with Crippen LogP contribution in [0.4, 0.5) is 0 Å². The molecule has 0 saturated carbocycles. The van der Waals surface area contributed by atoms with E-state index < -0.39 is 11.5 Å². The monoisotopic (exact) mass is 348 g/mol. The highest BCUT2D eigenvalue weighted by atomic mass is 16.3. The Balaban J connectivity index is 2.07. The van der Waals surface area contributed by atoms with E-state index >= 15 is 0 Å². The number of aromatic nitrogens is 1. The molecule has 3 aromatic rings. The first-order chi connectivity index (χ1) is 12.5. The summed E-state index contributed by atoms with van der Waals surface area (Å²) in [6.07, 6.45) is 0.742. The van der Waals surface area contributed by atoms with Gasteiger partial charge in [0.2, 0.25) is 0 Å². The van der Waals surface area contributed by atoms with Crippen LogP contribution in [0.3, 0.4) is 0 Å². The number of amides is 1. The van der Waals surface area contributed by atoms with Gasteiger partial charge >= 0.3 is 0 Å². The van der Waals surface area contributed by atoms with Crippen LogP contribution in [0.2, 0.25) is 0 Å². The molecule has 0 fully saturated rings. The maximum absolute atomic E-state index is 13.2. The van der Waals surface area contributed by atoms with Gasteiger partial charge in [0, 0.05) is 17.0 Å². The molecule has 5 heteroatoms. The first-order valence-corrected chi connectivity index (χ1v) is 8.27. The molecule has 132 valence electrons. The summed E-state index contributed by atoms with van der Waals surface area (Å²) in [4.78, 5) is 24.3. The fourth-order valence-corrected chi connectivity index (χ4v) is 3.05. The summed E-state index contributed by atoms with van der Waals surface area (Å²) in [6, 6.07) is 19.2. The molecule has 1 heterocycles. The second kappa shape index (κ2) is 6.98. The van der Waals surface area contributed by atoms with Crippen molar-refractivity contribution in [2.75, 3.05) is 5.43 Å². The van der Waals surface area contributed by atoms with Crippen LogP contribution < -0.4 is 5.43 Å². The Morgan fingerprint density at radius 2 is 1.50 bits per heavy atom. The van der Waals surface area contributed by atoms with Crippen molar-refractivity contribution in [3.8, 4) is 0 Å². The molecule has 0 bridgehead atoms. The summed E-state index contributed by atoms with van der Waals surface area (Å²) < 4.78 is 1.52. The minimum atomic E-state index is -1.87. The number of nitrogens with zero attached hydrogens (tertiary/aromatic N) is 1. The lowest BCUT2D eigenvalue weighted by Gasteiger charge is -2.29. The Morgan fingerprint density at radius 3 is 1.92 bits per heavy atom. The topological polar surface area (TPSA) is 71.3 Å². The largest absolute Gasteiger partial charge is 0.372 e. The number of aldehydes is 1. The van der Waals surface area contributed by atoms with Crippen molar-refractivity contribution in [2.24, 2.45) is 0 Å². The molecule has 0 aliphatic heterocycles. The van der Waals surface area contributed by atoms with Crippen LogP contribution in [-0.4, -0.2) is 22.0 Å². The summed E-state index contributed by atoms with van der Waals surface area (Å²) in [5, 5.41) is 11.4. The van der Waals surface area contributed by atoms with Crippen molar-refractivity contribution in [1.82, 2.24) is 4.68 Å². The highest BCUT2D eigenvalue weighted by Gasteiger charge is 2.40. The van der Waals surface area contributed by atoms with Gasteiger partial charge in [-0.25, -0.2) is 0 Å². The van der Waals surface area contributed by atoms with Crippen molar-refractivity contribution < 1.29 is 14.7 Å². The van der Waals surface area contributed by atoms with Gasteiger partial charge < -0.3 is 5.11 Å². The number of nitrogens with one attached hydrogen (secondary N) is 1. The normalized spacial score (nSPS) is 11.2. The molecule has 3 rings (SSSR count). The summed E-state index contributed by atoms with van der Waals surface area (Å²) in [6.45, 7) is 3.52. The quantitative estimate of drug-likeness (QED) is 0.697. The van der Waals surface area contributed by atoms with Crippen molar-refractivity contribution in [3.63, 3.8) is 0 Å². The van der Waals surface area contributed by atoms with Gasteiger partial charge in [0.25, 0.3) is 5.91 Å². The van der Waals surface area contributed by atoms with E-state index in [-0.39, 0.29) is 0 Å². The van der Waals surface area contributed by atoms with Crippen LogP contribution in [0, 0.1) is 13.8 Å². The SMILES string of the molecule is Cc1cc(C=O)c(C)n1NC(=O)C(O)(c1ccccc1)c1ccccc1. The molecule has 0 unspecified atom stereocenters. The standard InChI is InChI=1S/C21H20N2O3/c1-15-13-17(14-24)16(2)23(15)22-20(25)21(26,18-9-5-3-6-10-18)19-11-7-4-8-12-19/h3-14,26H,1-2H3,(H,22,25). The lowest BCUT2D eigenvalue weighted by Crippen LogP contribution is -2.44. The molecule has 26 heavy (non-hydrogen) atoms. The Labute approximate surface area is 151 Å². The zero-order chi connectivity index (χ0) is 18.7. The van der Waals surface area contributed by atoms with Crippen LogP contribution >= 0.6 is 0 Å². The van der Waals surface area contributed by atoms with Crippen molar-refractivity contribution in [1.29, 1.82) is 0 Å². The number of rotatable bonds is 5. The third kappa shape index (κ3) is 2.93. The average Bonchev–Trinajstić information content (AvgIpc) is 2.96. The van der Waals surface area contributed by atoms with Gasteiger partial charge in [0.05, 0.1) is 0 Å². The first kappa shape index (κ1) is 17.6. The zero-order valence-electron chi connectivity index (χ0n) is 14.6. The zero-order valence-corrected chi connectivity index (χ0v) is 14.6. The van der Waals surface area contributed by atoms with E-state index in [4.69, 9.17) is 0 Å². The van der Waals surface area contributed by atoms with Gasteiger partial charge in [-0.15, -0.1) is 0 Å². The van der Waals surface area contributed by atoms with Crippen LogP contribution in [-0.2, 0) is 10.4 Å². The summed E-state index contributed by atoms with van der Waals surface area (Å²) >= 11 is 0. The molecule has 5 nitrogen and oxygen atoms in total. The second-order valence-electron chi connectivity index (χ2n) is 6.16.